The standard InChI is InChI=1S/C19H19ClN4O4S/c1-12-3-5-14(17(9-12)24(26)27)21-18(25)11-29-19-22-15-10-13(20)4-6-16(15)23(19)7-8-28-2/h3-6,9-10H,7-8,11H2,1-2H3,(H,21,25). The highest BCUT2D eigenvalue weighted by Gasteiger charge is 2.18. The average molecular weight is 435 g/mol. The highest BCUT2D eigenvalue weighted by atomic mass is 35.5. The van der Waals surface area contributed by atoms with E-state index in [4.69, 9.17) is 16.3 Å². The van der Waals surface area contributed by atoms with Crippen LogP contribution < -0.4 is 5.32 Å². The van der Waals surface area contributed by atoms with Crippen LogP contribution in [-0.4, -0.2) is 39.9 Å². The Kier molecular flexibility index (Phi) is 6.73. The Morgan fingerprint density at radius 1 is 1.34 bits per heavy atom. The van der Waals surface area contributed by atoms with Gasteiger partial charge >= 0.3 is 0 Å². The number of amides is 1. The molecule has 0 atom stereocenters. The van der Waals surface area contributed by atoms with Crippen LogP contribution in [0, 0.1) is 17.0 Å². The van der Waals surface area contributed by atoms with Crippen molar-refractivity contribution in [3.63, 3.8) is 0 Å². The van der Waals surface area contributed by atoms with Crippen molar-refractivity contribution in [1.82, 2.24) is 9.55 Å². The van der Waals surface area contributed by atoms with Gasteiger partial charge < -0.3 is 14.6 Å². The van der Waals surface area contributed by atoms with Crippen LogP contribution in [0.2, 0.25) is 5.02 Å². The molecule has 1 N–H and O–H groups in total. The molecule has 0 saturated carbocycles. The minimum atomic E-state index is -0.510. The predicted molar refractivity (Wildman–Crippen MR) is 114 cm³/mol. The van der Waals surface area contributed by atoms with Gasteiger partial charge in [-0.05, 0) is 36.8 Å². The first kappa shape index (κ1) is 21.1. The van der Waals surface area contributed by atoms with Crippen molar-refractivity contribution >= 4 is 51.7 Å². The molecule has 1 heterocycles. The first-order valence-corrected chi connectivity index (χ1v) is 10.1. The van der Waals surface area contributed by atoms with Crippen molar-refractivity contribution in [2.45, 2.75) is 18.6 Å². The van der Waals surface area contributed by atoms with Gasteiger partial charge in [-0.2, -0.15) is 0 Å². The van der Waals surface area contributed by atoms with Crippen LogP contribution in [0.15, 0.2) is 41.6 Å². The maximum atomic E-state index is 12.4. The van der Waals surface area contributed by atoms with E-state index in [0.29, 0.717) is 23.3 Å². The number of aromatic nitrogens is 2. The number of carbonyl (C=O) groups is 1. The third kappa shape index (κ3) is 5.06. The number of nitrogens with zero attached hydrogens (tertiary/aromatic N) is 3. The fourth-order valence-electron chi connectivity index (χ4n) is 2.80. The molecular formula is C19H19ClN4O4S. The summed E-state index contributed by atoms with van der Waals surface area (Å²) in [6.07, 6.45) is 0. The lowest BCUT2D eigenvalue weighted by Crippen LogP contribution is -2.16. The summed E-state index contributed by atoms with van der Waals surface area (Å²) in [5.41, 5.74) is 2.40. The van der Waals surface area contributed by atoms with Crippen LogP contribution in [0.4, 0.5) is 11.4 Å². The van der Waals surface area contributed by atoms with Crippen molar-refractivity contribution in [2.75, 3.05) is 24.8 Å². The summed E-state index contributed by atoms with van der Waals surface area (Å²) in [7, 11) is 1.62. The molecule has 2 aromatic carbocycles. The van der Waals surface area contributed by atoms with Crippen molar-refractivity contribution in [2.24, 2.45) is 0 Å². The second-order valence-electron chi connectivity index (χ2n) is 6.29. The van der Waals surface area contributed by atoms with E-state index in [9.17, 15) is 14.9 Å². The molecule has 0 bridgehead atoms. The van der Waals surface area contributed by atoms with Crippen LogP contribution in [0.5, 0.6) is 0 Å². The number of thioether (sulfide) groups is 1. The number of imidazole rings is 1. The van der Waals surface area contributed by atoms with E-state index in [-0.39, 0.29) is 23.0 Å². The number of fused-ring (bicyclic) bond motifs is 1. The number of nitrogens with one attached hydrogen (secondary N) is 1. The maximum absolute atomic E-state index is 12.4. The van der Waals surface area contributed by atoms with Gasteiger partial charge in [-0.15, -0.1) is 0 Å². The van der Waals surface area contributed by atoms with Gasteiger partial charge in [0, 0.05) is 24.7 Å². The third-order valence-corrected chi connectivity index (χ3v) is 5.36. The molecule has 0 fully saturated rings. The molecule has 0 spiro atoms. The van der Waals surface area contributed by atoms with Crippen molar-refractivity contribution in [3.05, 3.63) is 57.1 Å². The van der Waals surface area contributed by atoms with E-state index in [1.807, 2.05) is 10.6 Å². The summed E-state index contributed by atoms with van der Waals surface area (Å²) in [6.45, 7) is 2.82. The molecule has 29 heavy (non-hydrogen) atoms. The number of hydrogen-bond donors (Lipinski definition) is 1. The number of hydrogen-bond acceptors (Lipinski definition) is 6. The molecule has 10 heteroatoms. The molecule has 0 aliphatic carbocycles. The highest BCUT2D eigenvalue weighted by Crippen LogP contribution is 2.28. The van der Waals surface area contributed by atoms with Gasteiger partial charge in [0.15, 0.2) is 5.16 Å². The Hall–Kier alpha value is -2.62. The Morgan fingerprint density at radius 3 is 2.86 bits per heavy atom. The van der Waals surface area contributed by atoms with E-state index in [2.05, 4.69) is 10.3 Å². The van der Waals surface area contributed by atoms with Gasteiger partial charge in [0.2, 0.25) is 5.91 Å². The van der Waals surface area contributed by atoms with E-state index in [1.54, 1.807) is 32.2 Å². The number of benzene rings is 2. The van der Waals surface area contributed by atoms with Gasteiger partial charge in [-0.25, -0.2) is 4.98 Å². The quantitative estimate of drug-likeness (QED) is 0.322. The Bertz CT molecular complexity index is 1070. The molecule has 0 radical (unpaired) electrons. The zero-order valence-electron chi connectivity index (χ0n) is 15.8. The summed E-state index contributed by atoms with van der Waals surface area (Å²) in [5.74, 6) is -0.306. The first-order valence-electron chi connectivity index (χ1n) is 8.71. The minimum absolute atomic E-state index is 0.0507. The molecule has 0 aliphatic heterocycles. The molecule has 1 aromatic heterocycles. The summed E-state index contributed by atoms with van der Waals surface area (Å²) >= 11 is 7.30. The smallest absolute Gasteiger partial charge is 0.293 e. The maximum Gasteiger partial charge on any atom is 0.293 e. The number of nitro benzene ring substituents is 1. The van der Waals surface area contributed by atoms with Gasteiger partial charge in [0.25, 0.3) is 5.69 Å². The van der Waals surface area contributed by atoms with Crippen LogP contribution in [0.3, 0.4) is 0 Å². The molecular weight excluding hydrogens is 416 g/mol. The fourth-order valence-corrected chi connectivity index (χ4v) is 3.81. The predicted octanol–water partition coefficient (Wildman–Crippen LogP) is 4.28. The highest BCUT2D eigenvalue weighted by molar-refractivity contribution is 7.99. The number of methoxy groups -OCH3 is 1. The van der Waals surface area contributed by atoms with Crippen LogP contribution >= 0.6 is 23.4 Å². The number of anilines is 1. The van der Waals surface area contributed by atoms with Crippen molar-refractivity contribution < 1.29 is 14.5 Å². The average Bonchev–Trinajstić information content (AvgIpc) is 3.02. The van der Waals surface area contributed by atoms with Crippen LogP contribution in [-0.2, 0) is 16.1 Å². The Labute approximate surface area is 176 Å². The molecule has 8 nitrogen and oxygen atoms in total. The minimum Gasteiger partial charge on any atom is -0.383 e. The topological polar surface area (TPSA) is 99.3 Å². The first-order chi connectivity index (χ1) is 13.9. The number of rotatable bonds is 8. The third-order valence-electron chi connectivity index (χ3n) is 4.15. The second kappa shape index (κ2) is 9.25. The molecule has 0 aliphatic rings. The molecule has 0 saturated heterocycles. The SMILES string of the molecule is COCCn1c(SCC(=O)Nc2ccc(C)cc2[N+](=O)[O-])nc2cc(Cl)ccc21. The number of halogens is 1. The van der Waals surface area contributed by atoms with Gasteiger partial charge in [-0.3, -0.25) is 14.9 Å². The number of carbonyl (C=O) groups excluding carboxylic acids is 1. The lowest BCUT2D eigenvalue weighted by molar-refractivity contribution is -0.384. The number of nitro groups is 1. The number of ether oxygens (including phenoxy) is 1. The van der Waals surface area contributed by atoms with E-state index in [1.165, 1.54) is 23.9 Å². The van der Waals surface area contributed by atoms with E-state index < -0.39 is 4.92 Å². The summed E-state index contributed by atoms with van der Waals surface area (Å²) in [5, 5.41) is 15.1. The summed E-state index contributed by atoms with van der Waals surface area (Å²) in [4.78, 5) is 27.7. The zero-order valence-corrected chi connectivity index (χ0v) is 17.4. The Morgan fingerprint density at radius 2 is 2.14 bits per heavy atom. The molecule has 1 amide bonds. The second-order valence-corrected chi connectivity index (χ2v) is 7.67. The van der Waals surface area contributed by atoms with Crippen LogP contribution in [0.1, 0.15) is 5.56 Å². The largest absolute Gasteiger partial charge is 0.383 e. The number of aryl methyl sites for hydroxylation is 1. The molecule has 0 unspecified atom stereocenters. The zero-order chi connectivity index (χ0) is 21.0. The Balaban J connectivity index is 1.76. The molecule has 152 valence electrons. The van der Waals surface area contributed by atoms with Gasteiger partial charge in [-0.1, -0.05) is 29.4 Å². The van der Waals surface area contributed by atoms with Crippen molar-refractivity contribution in [3.8, 4) is 0 Å². The molecule has 3 aromatic rings. The van der Waals surface area contributed by atoms with E-state index in [0.717, 1.165) is 16.6 Å². The fraction of sp³-hybridized carbons (Fsp3) is 0.263. The lowest BCUT2D eigenvalue weighted by atomic mass is 10.2. The normalized spacial score (nSPS) is 11.0. The van der Waals surface area contributed by atoms with Gasteiger partial charge in [0.05, 0.1) is 28.3 Å². The molecule has 3 rings (SSSR count). The van der Waals surface area contributed by atoms with Gasteiger partial charge in [0.1, 0.15) is 5.69 Å². The summed E-state index contributed by atoms with van der Waals surface area (Å²) < 4.78 is 7.13. The lowest BCUT2D eigenvalue weighted by Gasteiger charge is -2.09. The van der Waals surface area contributed by atoms with Crippen molar-refractivity contribution in [1.29, 1.82) is 0 Å². The van der Waals surface area contributed by atoms with Crippen LogP contribution in [0.25, 0.3) is 11.0 Å². The van der Waals surface area contributed by atoms with E-state index >= 15 is 0 Å². The summed E-state index contributed by atoms with van der Waals surface area (Å²) in [6, 6.07) is 10.1. The monoisotopic (exact) mass is 434 g/mol.